The van der Waals surface area contributed by atoms with Crippen molar-refractivity contribution in [1.29, 1.82) is 0 Å². The third-order valence-electron chi connectivity index (χ3n) is 1.41. The number of esters is 2. The van der Waals surface area contributed by atoms with E-state index in [9.17, 15) is 14.4 Å². The van der Waals surface area contributed by atoms with E-state index in [1.807, 2.05) is 0 Å². The van der Waals surface area contributed by atoms with Gasteiger partial charge in [-0.05, 0) is 32.4 Å². The number of halogens is 1. The number of hydrogen-bond donors (Lipinski definition) is 2. The number of aliphatic hydroxyl groups is 2. The summed E-state index contributed by atoms with van der Waals surface area (Å²) in [6.45, 7) is 13.4. The summed E-state index contributed by atoms with van der Waals surface area (Å²) in [7, 11) is 0. The van der Waals surface area contributed by atoms with E-state index in [2.05, 4.69) is 29.2 Å². The standard InChI is InChI=1S/C9H12O4.C4H5ClO.CH4O2/c1-6(2)8(10)12-5-13-9(11)7(3)4;1-3(2)4(5)6;2-1-3/h1,3,5H2,2,4H3;1H2,2H3;2-3H,1H2. The van der Waals surface area contributed by atoms with Crippen molar-refractivity contribution in [2.45, 2.75) is 20.8 Å². The monoisotopic (exact) mass is 336 g/mol. The summed E-state index contributed by atoms with van der Waals surface area (Å²) in [5, 5.41) is 13.8. The molecule has 126 valence electrons. The van der Waals surface area contributed by atoms with Gasteiger partial charge in [0.05, 0.1) is 0 Å². The number of aliphatic hydroxyl groups excluding tert-OH is 1. The molecule has 0 atom stereocenters. The van der Waals surface area contributed by atoms with Crippen LogP contribution < -0.4 is 0 Å². The van der Waals surface area contributed by atoms with Gasteiger partial charge in [-0.15, -0.1) is 0 Å². The van der Waals surface area contributed by atoms with Crippen LogP contribution in [0, 0.1) is 0 Å². The van der Waals surface area contributed by atoms with Crippen LogP contribution in [0.3, 0.4) is 0 Å². The molecule has 0 saturated heterocycles. The smallest absolute Gasteiger partial charge is 0.335 e. The second-order valence-corrected chi connectivity index (χ2v) is 4.08. The number of carbonyl (C=O) groups is 3. The van der Waals surface area contributed by atoms with Gasteiger partial charge in [-0.2, -0.15) is 0 Å². The summed E-state index contributed by atoms with van der Waals surface area (Å²) in [5.74, 6) is -1.18. The summed E-state index contributed by atoms with van der Waals surface area (Å²) >= 11 is 4.87. The van der Waals surface area contributed by atoms with Crippen molar-refractivity contribution in [1.82, 2.24) is 0 Å². The Morgan fingerprint density at radius 3 is 1.23 bits per heavy atom. The average Bonchev–Trinajstić information content (AvgIpc) is 2.39. The fourth-order valence-electron chi connectivity index (χ4n) is 0.383. The fourth-order valence-corrected chi connectivity index (χ4v) is 0.383. The number of carbonyl (C=O) groups excluding carboxylic acids is 3. The Kier molecular flexibility index (Phi) is 17.5. The van der Waals surface area contributed by atoms with Gasteiger partial charge >= 0.3 is 11.9 Å². The summed E-state index contributed by atoms with van der Waals surface area (Å²) in [6.07, 6.45) is 0. The SMILES string of the molecule is C=C(C)C(=O)Cl.C=C(C)C(=O)OCOC(=O)C(=C)C.OCO. The lowest BCUT2D eigenvalue weighted by Crippen LogP contribution is -2.13. The molecule has 0 amide bonds. The number of hydrogen-bond acceptors (Lipinski definition) is 7. The molecule has 0 rings (SSSR count). The van der Waals surface area contributed by atoms with Crippen LogP contribution in [0.2, 0.25) is 0 Å². The van der Waals surface area contributed by atoms with Crippen molar-refractivity contribution >= 4 is 28.8 Å². The highest BCUT2D eigenvalue weighted by Gasteiger charge is 2.06. The van der Waals surface area contributed by atoms with E-state index in [1.165, 1.54) is 13.8 Å². The Labute approximate surface area is 134 Å². The van der Waals surface area contributed by atoms with E-state index in [0.717, 1.165) is 0 Å². The van der Waals surface area contributed by atoms with Crippen LogP contribution in [0.4, 0.5) is 0 Å². The lowest BCUT2D eigenvalue weighted by Gasteiger charge is -2.04. The first-order valence-electron chi connectivity index (χ1n) is 5.73. The Morgan fingerprint density at radius 2 is 1.09 bits per heavy atom. The van der Waals surface area contributed by atoms with Gasteiger partial charge in [0.15, 0.2) is 0 Å². The van der Waals surface area contributed by atoms with Crippen LogP contribution in [0.1, 0.15) is 20.8 Å². The highest BCUT2D eigenvalue weighted by molar-refractivity contribution is 6.67. The van der Waals surface area contributed by atoms with Crippen molar-refractivity contribution in [3.05, 3.63) is 36.5 Å². The van der Waals surface area contributed by atoms with Gasteiger partial charge in [-0.1, -0.05) is 19.7 Å². The first-order valence-corrected chi connectivity index (χ1v) is 6.11. The zero-order valence-electron chi connectivity index (χ0n) is 12.8. The van der Waals surface area contributed by atoms with E-state index < -0.39 is 30.8 Å². The van der Waals surface area contributed by atoms with Crippen LogP contribution in [-0.2, 0) is 23.9 Å². The van der Waals surface area contributed by atoms with Gasteiger partial charge in [0.2, 0.25) is 12.0 Å². The molecule has 8 heteroatoms. The van der Waals surface area contributed by atoms with Gasteiger partial charge < -0.3 is 19.7 Å². The lowest BCUT2D eigenvalue weighted by atomic mass is 10.4. The van der Waals surface area contributed by atoms with Crippen molar-refractivity contribution in [3.8, 4) is 0 Å². The molecule has 0 aliphatic heterocycles. The van der Waals surface area contributed by atoms with Crippen LogP contribution in [0.15, 0.2) is 36.5 Å². The minimum absolute atomic E-state index is 0.256. The maximum atomic E-state index is 10.8. The topological polar surface area (TPSA) is 110 Å². The second kappa shape index (κ2) is 15.4. The Morgan fingerprint density at radius 1 is 0.864 bits per heavy atom. The number of rotatable bonds is 5. The van der Waals surface area contributed by atoms with Crippen molar-refractivity contribution in [2.75, 3.05) is 13.6 Å². The van der Waals surface area contributed by atoms with E-state index >= 15 is 0 Å². The second-order valence-electron chi connectivity index (χ2n) is 3.74. The minimum atomic E-state index is -0.750. The first-order chi connectivity index (χ1) is 10.0. The lowest BCUT2D eigenvalue weighted by molar-refractivity contribution is -0.161. The summed E-state index contributed by atoms with van der Waals surface area (Å²) in [6, 6.07) is 0. The molecule has 0 spiro atoms. The van der Waals surface area contributed by atoms with E-state index in [4.69, 9.17) is 21.8 Å². The molecule has 0 aromatic rings. The summed E-state index contributed by atoms with van der Waals surface area (Å²) in [5.41, 5.74) is 0.898. The Hall–Kier alpha value is -1.96. The van der Waals surface area contributed by atoms with Gasteiger partial charge in [-0.3, -0.25) is 4.79 Å². The average molecular weight is 337 g/mol. The maximum absolute atomic E-state index is 10.8. The molecule has 0 aliphatic carbocycles. The van der Waals surface area contributed by atoms with Gasteiger partial charge in [0, 0.05) is 16.7 Å². The molecule has 2 N–H and O–H groups in total. The zero-order valence-corrected chi connectivity index (χ0v) is 13.6. The van der Waals surface area contributed by atoms with Gasteiger partial charge in [0.1, 0.15) is 6.79 Å². The summed E-state index contributed by atoms with van der Waals surface area (Å²) in [4.78, 5) is 31.3. The molecule has 0 aromatic carbocycles. The third-order valence-corrected chi connectivity index (χ3v) is 1.74. The predicted octanol–water partition coefficient (Wildman–Crippen LogP) is 1.44. The van der Waals surface area contributed by atoms with E-state index in [0.29, 0.717) is 5.57 Å². The van der Waals surface area contributed by atoms with Crippen LogP contribution >= 0.6 is 11.6 Å². The zero-order chi connectivity index (χ0) is 18.3. The molecule has 0 aromatic heterocycles. The first kappa shape index (κ1) is 25.0. The van der Waals surface area contributed by atoms with Crippen molar-refractivity contribution in [3.63, 3.8) is 0 Å². The molecular formula is C14H21ClO7. The molecule has 0 unspecified atom stereocenters. The molecule has 0 bridgehead atoms. The molecule has 0 saturated carbocycles. The van der Waals surface area contributed by atoms with Gasteiger partial charge in [0.25, 0.3) is 0 Å². The van der Waals surface area contributed by atoms with Crippen molar-refractivity contribution < 1.29 is 34.1 Å². The summed E-state index contributed by atoms with van der Waals surface area (Å²) < 4.78 is 9.00. The van der Waals surface area contributed by atoms with Gasteiger partial charge in [-0.25, -0.2) is 9.59 Å². The van der Waals surface area contributed by atoms with E-state index in [-0.39, 0.29) is 11.1 Å². The normalized spacial score (nSPS) is 8.09. The number of ether oxygens (including phenoxy) is 2. The maximum Gasteiger partial charge on any atom is 0.335 e. The molecular weight excluding hydrogens is 316 g/mol. The number of allylic oxidation sites excluding steroid dienone is 1. The highest BCUT2D eigenvalue weighted by Crippen LogP contribution is 1.95. The van der Waals surface area contributed by atoms with E-state index in [1.54, 1.807) is 6.92 Å². The minimum Gasteiger partial charge on any atom is -0.425 e. The molecule has 7 nitrogen and oxygen atoms in total. The quantitative estimate of drug-likeness (QED) is 0.338. The van der Waals surface area contributed by atoms with Crippen LogP contribution in [-0.4, -0.2) is 41.0 Å². The van der Waals surface area contributed by atoms with Crippen molar-refractivity contribution in [2.24, 2.45) is 0 Å². The highest BCUT2D eigenvalue weighted by atomic mass is 35.5. The predicted molar refractivity (Wildman–Crippen MR) is 81.7 cm³/mol. The molecule has 0 heterocycles. The molecule has 0 aliphatic rings. The molecule has 0 radical (unpaired) electrons. The third kappa shape index (κ3) is 20.4. The van der Waals surface area contributed by atoms with Crippen LogP contribution in [0.5, 0.6) is 0 Å². The molecule has 22 heavy (non-hydrogen) atoms. The van der Waals surface area contributed by atoms with Crippen LogP contribution in [0.25, 0.3) is 0 Å². The fraction of sp³-hybridized carbons (Fsp3) is 0.357. The Balaban J connectivity index is -0.000000333. The largest absolute Gasteiger partial charge is 0.425 e. The molecule has 0 fully saturated rings. The Bertz CT molecular complexity index is 389.